The number of nitro benzene ring substituents is 1. The second kappa shape index (κ2) is 8.24. The first-order valence-corrected chi connectivity index (χ1v) is 8.42. The fourth-order valence-electron chi connectivity index (χ4n) is 2.46. The highest BCUT2D eigenvalue weighted by molar-refractivity contribution is 7.81. The first kappa shape index (κ1) is 18.3. The summed E-state index contributed by atoms with van der Waals surface area (Å²) < 4.78 is 6.92. The summed E-state index contributed by atoms with van der Waals surface area (Å²) in [5.74, 6) is 0.511. The van der Waals surface area contributed by atoms with Crippen LogP contribution in [0.15, 0.2) is 77.7 Å². The van der Waals surface area contributed by atoms with Crippen LogP contribution in [-0.4, -0.2) is 15.0 Å². The average molecular weight is 382 g/mol. The molecule has 3 aromatic rings. The maximum Gasteiger partial charge on any atom is 0.288 e. The largest absolute Gasteiger partial charge is 0.502 e. The van der Waals surface area contributed by atoms with E-state index in [9.17, 15) is 15.2 Å². The molecule has 27 heavy (non-hydrogen) atoms. The minimum absolute atomic E-state index is 0.120. The molecule has 0 unspecified atom stereocenters. The highest BCUT2D eigenvalue weighted by Gasteiger charge is 2.24. The third-order valence-corrected chi connectivity index (χ3v) is 4.08. The zero-order chi connectivity index (χ0) is 19.2. The molecule has 0 aliphatic carbocycles. The Morgan fingerprint density at radius 3 is 2.63 bits per heavy atom. The van der Waals surface area contributed by atoms with E-state index in [-0.39, 0.29) is 22.0 Å². The minimum atomic E-state index is -0.514. The van der Waals surface area contributed by atoms with Crippen LogP contribution in [0.1, 0.15) is 11.3 Å². The molecule has 0 spiro atoms. The second-order valence-electron chi connectivity index (χ2n) is 5.55. The van der Waals surface area contributed by atoms with Crippen LogP contribution >= 0.6 is 12.2 Å². The van der Waals surface area contributed by atoms with E-state index in [1.54, 1.807) is 53.6 Å². The number of furan rings is 1. The molecule has 0 aliphatic heterocycles. The van der Waals surface area contributed by atoms with Crippen LogP contribution in [0.4, 0.5) is 5.69 Å². The molecule has 0 amide bonds. The molecule has 2 heterocycles. The molecule has 1 aromatic carbocycles. The van der Waals surface area contributed by atoms with E-state index in [1.165, 1.54) is 18.2 Å². The molecule has 0 radical (unpaired) electrons. The van der Waals surface area contributed by atoms with Crippen molar-refractivity contribution in [3.8, 4) is 0 Å². The molecule has 0 aliphatic rings. The number of pyridine rings is 1. The lowest BCUT2D eigenvalue weighted by atomic mass is 10.1. The van der Waals surface area contributed by atoms with Gasteiger partial charge in [0, 0.05) is 29.8 Å². The molecule has 2 N–H and O–H groups in total. The lowest BCUT2D eigenvalue weighted by Crippen LogP contribution is -2.40. The van der Waals surface area contributed by atoms with Gasteiger partial charge in [0.05, 0.1) is 17.7 Å². The standard InChI is InChI=1S/C19H15N3O4S/c23-18(14-6-4-7-15(12-14)22(24)25)17(21-9-2-1-3-10-21)19(27)20-13-16-8-5-11-26-16/h1-12H,13H2,(H-,20,23,27)/p+1. The number of nitrogens with zero attached hydrogens (tertiary/aromatic N) is 2. The molecule has 0 saturated carbocycles. The number of nitro groups is 1. The molecule has 7 nitrogen and oxygen atoms in total. The molecule has 8 heteroatoms. The number of rotatable bonds is 6. The minimum Gasteiger partial charge on any atom is -0.502 e. The maximum atomic E-state index is 11.0. The van der Waals surface area contributed by atoms with Crippen molar-refractivity contribution >= 4 is 34.3 Å². The van der Waals surface area contributed by atoms with Crippen LogP contribution < -0.4 is 9.88 Å². The van der Waals surface area contributed by atoms with Gasteiger partial charge in [-0.1, -0.05) is 30.4 Å². The van der Waals surface area contributed by atoms with Crippen LogP contribution in [-0.2, 0) is 6.54 Å². The Balaban J connectivity index is 2.00. The quantitative estimate of drug-likeness (QED) is 0.169. The van der Waals surface area contributed by atoms with Crippen molar-refractivity contribution in [3.05, 3.63) is 94.7 Å². The van der Waals surface area contributed by atoms with E-state index in [0.29, 0.717) is 18.0 Å². The number of hydrogen-bond acceptors (Lipinski definition) is 5. The zero-order valence-electron chi connectivity index (χ0n) is 14.1. The van der Waals surface area contributed by atoms with Crippen LogP contribution in [0.3, 0.4) is 0 Å². The molecule has 136 valence electrons. The number of thiocarbonyl (C=S) groups is 1. The fourth-order valence-corrected chi connectivity index (χ4v) is 2.74. The van der Waals surface area contributed by atoms with Crippen LogP contribution in [0, 0.1) is 10.1 Å². The smallest absolute Gasteiger partial charge is 0.288 e. The van der Waals surface area contributed by atoms with Gasteiger partial charge in [0.25, 0.3) is 11.4 Å². The Labute approximate surface area is 160 Å². The van der Waals surface area contributed by atoms with E-state index < -0.39 is 4.92 Å². The van der Waals surface area contributed by atoms with Crippen molar-refractivity contribution in [1.29, 1.82) is 0 Å². The van der Waals surface area contributed by atoms with Crippen LogP contribution in [0.25, 0.3) is 11.5 Å². The zero-order valence-corrected chi connectivity index (χ0v) is 14.9. The monoisotopic (exact) mass is 382 g/mol. The predicted octanol–water partition coefficient (Wildman–Crippen LogP) is 3.48. The van der Waals surface area contributed by atoms with Gasteiger partial charge < -0.3 is 14.8 Å². The van der Waals surface area contributed by atoms with Crippen molar-refractivity contribution in [2.24, 2.45) is 0 Å². The van der Waals surface area contributed by atoms with Gasteiger partial charge in [0.1, 0.15) is 5.76 Å². The third kappa shape index (κ3) is 4.36. The highest BCUT2D eigenvalue weighted by atomic mass is 32.1. The van der Waals surface area contributed by atoms with E-state index >= 15 is 0 Å². The lowest BCUT2D eigenvalue weighted by molar-refractivity contribution is -0.576. The molecular weight excluding hydrogens is 366 g/mol. The van der Waals surface area contributed by atoms with E-state index in [4.69, 9.17) is 16.6 Å². The van der Waals surface area contributed by atoms with Crippen molar-refractivity contribution in [2.75, 3.05) is 0 Å². The second-order valence-corrected chi connectivity index (χ2v) is 5.96. The molecule has 0 atom stereocenters. The van der Waals surface area contributed by atoms with Crippen LogP contribution in [0.5, 0.6) is 0 Å². The number of nitrogens with one attached hydrogen (secondary N) is 1. The topological polar surface area (TPSA) is 92.4 Å². The summed E-state index contributed by atoms with van der Waals surface area (Å²) in [5.41, 5.74) is 0.473. The van der Waals surface area contributed by atoms with E-state index in [2.05, 4.69) is 5.32 Å². The molecule has 0 saturated heterocycles. The number of benzene rings is 1. The first-order valence-electron chi connectivity index (χ1n) is 8.01. The number of aliphatic hydroxyl groups is 1. The fraction of sp³-hybridized carbons (Fsp3) is 0.0526. The van der Waals surface area contributed by atoms with Gasteiger partial charge in [-0.3, -0.25) is 10.1 Å². The number of hydrogen-bond donors (Lipinski definition) is 2. The number of aliphatic hydroxyl groups excluding tert-OH is 1. The summed E-state index contributed by atoms with van der Waals surface area (Å²) in [6.45, 7) is 0.338. The Bertz CT molecular complexity index is 985. The Morgan fingerprint density at radius 2 is 1.96 bits per heavy atom. The Kier molecular flexibility index (Phi) is 5.58. The molecular formula is C19H16N3O4S+. The SMILES string of the molecule is O=[N+]([O-])c1cccc(/C(O)=C(/C(=S)NCc2ccco2)[n+]2ccccc2)c1. The average Bonchev–Trinajstić information content (AvgIpc) is 3.21. The summed E-state index contributed by atoms with van der Waals surface area (Å²) in [6, 6.07) is 14.7. The van der Waals surface area contributed by atoms with Gasteiger partial charge in [-0.25, -0.2) is 0 Å². The van der Waals surface area contributed by atoms with Crippen molar-refractivity contribution in [1.82, 2.24) is 5.32 Å². The highest BCUT2D eigenvalue weighted by Crippen LogP contribution is 2.21. The summed E-state index contributed by atoms with van der Waals surface area (Å²) in [6.07, 6.45) is 5.01. The molecule has 0 fully saturated rings. The number of aromatic nitrogens is 1. The Hall–Kier alpha value is -3.52. The summed E-state index contributed by atoms with van der Waals surface area (Å²) >= 11 is 5.47. The Morgan fingerprint density at radius 1 is 1.19 bits per heavy atom. The van der Waals surface area contributed by atoms with Gasteiger partial charge in [0.2, 0.25) is 0 Å². The summed E-state index contributed by atoms with van der Waals surface area (Å²) in [7, 11) is 0. The van der Waals surface area contributed by atoms with Crippen molar-refractivity contribution in [2.45, 2.75) is 6.54 Å². The van der Waals surface area contributed by atoms with E-state index in [1.807, 2.05) is 6.07 Å². The van der Waals surface area contributed by atoms with Gasteiger partial charge in [-0.05, 0) is 12.1 Å². The first-order chi connectivity index (χ1) is 13.1. The van der Waals surface area contributed by atoms with Crippen molar-refractivity contribution in [3.63, 3.8) is 0 Å². The normalized spacial score (nSPS) is 11.6. The third-order valence-electron chi connectivity index (χ3n) is 3.75. The maximum absolute atomic E-state index is 11.0. The number of non-ortho nitro benzene ring substituents is 1. The molecule has 0 bridgehead atoms. The van der Waals surface area contributed by atoms with Crippen molar-refractivity contribution < 1.29 is 19.0 Å². The van der Waals surface area contributed by atoms with Gasteiger partial charge in [-0.2, -0.15) is 4.57 Å². The summed E-state index contributed by atoms with van der Waals surface area (Å²) in [4.78, 5) is 10.8. The summed E-state index contributed by atoms with van der Waals surface area (Å²) in [5, 5.41) is 24.9. The predicted molar refractivity (Wildman–Crippen MR) is 104 cm³/mol. The molecule has 3 rings (SSSR count). The lowest BCUT2D eigenvalue weighted by Gasteiger charge is -2.09. The van der Waals surface area contributed by atoms with E-state index in [0.717, 1.165) is 0 Å². The van der Waals surface area contributed by atoms with Gasteiger partial charge in [0.15, 0.2) is 23.1 Å². The van der Waals surface area contributed by atoms with Gasteiger partial charge >= 0.3 is 0 Å². The molecule has 2 aromatic heterocycles. The van der Waals surface area contributed by atoms with Gasteiger partial charge in [-0.15, -0.1) is 0 Å². The van der Waals surface area contributed by atoms with Crippen LogP contribution in [0.2, 0.25) is 0 Å².